The molecule has 1 aliphatic rings. The van der Waals surface area contributed by atoms with E-state index < -0.39 is 0 Å². The Morgan fingerprint density at radius 1 is 1.27 bits per heavy atom. The molecule has 0 aliphatic carbocycles. The smallest absolute Gasteiger partial charge is 0.227 e. The van der Waals surface area contributed by atoms with Crippen molar-refractivity contribution < 1.29 is 9.18 Å². The van der Waals surface area contributed by atoms with Crippen molar-refractivity contribution in [2.24, 2.45) is 0 Å². The predicted octanol–water partition coefficient (Wildman–Crippen LogP) is 3.16. The predicted molar refractivity (Wildman–Crippen MR) is 89.3 cm³/mol. The zero-order valence-electron chi connectivity index (χ0n) is 13.5. The molecular formula is C18H27FN2O. The van der Waals surface area contributed by atoms with Gasteiger partial charge in [-0.15, -0.1) is 13.2 Å². The Balaban J connectivity index is 0.00000116. The van der Waals surface area contributed by atoms with Crippen molar-refractivity contribution in [1.29, 1.82) is 0 Å². The molecule has 1 saturated heterocycles. The molecule has 1 amide bonds. The number of piperidine rings is 1. The highest BCUT2D eigenvalue weighted by Gasteiger charge is 2.24. The first-order chi connectivity index (χ1) is 10.7. The van der Waals surface area contributed by atoms with Crippen molar-refractivity contribution in [3.05, 3.63) is 48.8 Å². The Morgan fingerprint density at radius 2 is 1.86 bits per heavy atom. The van der Waals surface area contributed by atoms with Crippen LogP contribution in [0.3, 0.4) is 0 Å². The maximum absolute atomic E-state index is 12.9. The van der Waals surface area contributed by atoms with E-state index in [9.17, 15) is 9.18 Å². The topological polar surface area (TPSA) is 32.3 Å². The third kappa shape index (κ3) is 5.60. The number of nitrogens with one attached hydrogen (secondary N) is 1. The lowest BCUT2D eigenvalue weighted by molar-refractivity contribution is -0.133. The van der Waals surface area contributed by atoms with Gasteiger partial charge in [0.1, 0.15) is 5.82 Å². The number of rotatable bonds is 5. The second kappa shape index (κ2) is 10.1. The summed E-state index contributed by atoms with van der Waals surface area (Å²) >= 11 is 0. The third-order valence-electron chi connectivity index (χ3n) is 3.80. The SMILES string of the molecule is C=C.CCCN(C(=O)Cc1ccc(F)cc1)C1CCNCC1. The maximum Gasteiger partial charge on any atom is 0.227 e. The number of hydrogen-bond donors (Lipinski definition) is 1. The van der Waals surface area contributed by atoms with Gasteiger partial charge in [-0.3, -0.25) is 4.79 Å². The standard InChI is InChI=1S/C16H23FN2O.C2H4/c1-2-11-19(15-7-9-18-10-8-15)16(20)12-13-3-5-14(17)6-4-13;1-2/h3-6,15,18H,2,7-12H2,1H3;1-2H2. The number of hydrogen-bond acceptors (Lipinski definition) is 2. The fourth-order valence-corrected chi connectivity index (χ4v) is 2.75. The first-order valence-corrected chi connectivity index (χ1v) is 7.95. The van der Waals surface area contributed by atoms with Gasteiger partial charge in [-0.05, 0) is 50.0 Å². The highest BCUT2D eigenvalue weighted by atomic mass is 19.1. The Hall–Kier alpha value is -1.68. The summed E-state index contributed by atoms with van der Waals surface area (Å²) in [5, 5.41) is 3.33. The van der Waals surface area contributed by atoms with E-state index in [1.807, 2.05) is 4.90 Å². The van der Waals surface area contributed by atoms with Crippen molar-refractivity contribution in [2.45, 2.75) is 38.6 Å². The van der Waals surface area contributed by atoms with Gasteiger partial charge in [0, 0.05) is 12.6 Å². The molecule has 0 spiro atoms. The minimum absolute atomic E-state index is 0.158. The van der Waals surface area contributed by atoms with Crippen molar-refractivity contribution in [3.63, 3.8) is 0 Å². The second-order valence-corrected chi connectivity index (χ2v) is 5.37. The molecule has 1 N–H and O–H groups in total. The molecule has 1 fully saturated rings. The van der Waals surface area contributed by atoms with Gasteiger partial charge in [-0.1, -0.05) is 19.1 Å². The van der Waals surface area contributed by atoms with E-state index in [4.69, 9.17) is 0 Å². The first kappa shape index (κ1) is 18.4. The van der Waals surface area contributed by atoms with E-state index >= 15 is 0 Å². The molecule has 4 heteroatoms. The van der Waals surface area contributed by atoms with E-state index in [0.29, 0.717) is 12.5 Å². The van der Waals surface area contributed by atoms with Gasteiger partial charge < -0.3 is 10.2 Å². The molecule has 1 aliphatic heterocycles. The number of halogens is 1. The van der Waals surface area contributed by atoms with Crippen molar-refractivity contribution >= 4 is 5.91 Å². The molecule has 22 heavy (non-hydrogen) atoms. The van der Waals surface area contributed by atoms with Crippen molar-refractivity contribution in [2.75, 3.05) is 19.6 Å². The maximum atomic E-state index is 12.9. The largest absolute Gasteiger partial charge is 0.339 e. The number of benzene rings is 1. The summed E-state index contributed by atoms with van der Waals surface area (Å²) in [6.45, 7) is 10.9. The van der Waals surface area contributed by atoms with Crippen LogP contribution in [-0.2, 0) is 11.2 Å². The normalized spacial score (nSPS) is 14.8. The van der Waals surface area contributed by atoms with Crippen LogP contribution in [0.2, 0.25) is 0 Å². The fourth-order valence-electron chi connectivity index (χ4n) is 2.75. The Kier molecular flexibility index (Phi) is 8.44. The van der Waals surface area contributed by atoms with Gasteiger partial charge in [0.2, 0.25) is 5.91 Å². The van der Waals surface area contributed by atoms with Crippen LogP contribution in [0.4, 0.5) is 4.39 Å². The molecule has 0 saturated carbocycles. The van der Waals surface area contributed by atoms with Gasteiger partial charge in [-0.25, -0.2) is 4.39 Å². The lowest BCUT2D eigenvalue weighted by atomic mass is 10.0. The summed E-state index contributed by atoms with van der Waals surface area (Å²) in [4.78, 5) is 14.5. The molecule has 0 unspecified atom stereocenters. The van der Waals surface area contributed by atoms with Gasteiger partial charge >= 0.3 is 0 Å². The van der Waals surface area contributed by atoms with Gasteiger partial charge in [0.15, 0.2) is 0 Å². The Labute approximate surface area is 133 Å². The summed E-state index contributed by atoms with van der Waals surface area (Å²) in [5.74, 6) is -0.102. The van der Waals surface area contributed by atoms with Crippen LogP contribution in [-0.4, -0.2) is 36.5 Å². The molecule has 0 aromatic heterocycles. The summed E-state index contributed by atoms with van der Waals surface area (Å²) in [6.07, 6.45) is 3.38. The minimum atomic E-state index is -0.259. The molecule has 1 aromatic carbocycles. The van der Waals surface area contributed by atoms with E-state index in [-0.39, 0.29) is 11.7 Å². The molecule has 122 valence electrons. The zero-order chi connectivity index (χ0) is 16.4. The quantitative estimate of drug-likeness (QED) is 0.848. The molecule has 1 heterocycles. The van der Waals surface area contributed by atoms with E-state index in [1.54, 1.807) is 12.1 Å². The number of nitrogens with zero attached hydrogens (tertiary/aromatic N) is 1. The number of carbonyl (C=O) groups is 1. The second-order valence-electron chi connectivity index (χ2n) is 5.37. The van der Waals surface area contributed by atoms with Crippen LogP contribution >= 0.6 is 0 Å². The third-order valence-corrected chi connectivity index (χ3v) is 3.80. The van der Waals surface area contributed by atoms with Gasteiger partial charge in [0.25, 0.3) is 0 Å². The number of carbonyl (C=O) groups excluding carboxylic acids is 1. The first-order valence-electron chi connectivity index (χ1n) is 7.95. The Bertz CT molecular complexity index is 441. The highest BCUT2D eigenvalue weighted by molar-refractivity contribution is 5.79. The molecule has 0 atom stereocenters. The van der Waals surface area contributed by atoms with Crippen LogP contribution in [0.5, 0.6) is 0 Å². The number of amides is 1. The van der Waals surface area contributed by atoms with Crippen LogP contribution in [0.15, 0.2) is 37.4 Å². The summed E-state index contributed by atoms with van der Waals surface area (Å²) in [7, 11) is 0. The van der Waals surface area contributed by atoms with Crippen LogP contribution in [0, 0.1) is 5.82 Å². The average molecular weight is 306 g/mol. The van der Waals surface area contributed by atoms with E-state index in [1.165, 1.54) is 12.1 Å². The zero-order valence-corrected chi connectivity index (χ0v) is 13.5. The molecule has 0 bridgehead atoms. The van der Waals surface area contributed by atoms with Gasteiger partial charge in [0.05, 0.1) is 6.42 Å². The molecule has 2 rings (SSSR count). The van der Waals surface area contributed by atoms with Crippen LogP contribution in [0.1, 0.15) is 31.7 Å². The average Bonchev–Trinajstić information content (AvgIpc) is 2.57. The fraction of sp³-hybridized carbons (Fsp3) is 0.500. The monoisotopic (exact) mass is 306 g/mol. The van der Waals surface area contributed by atoms with E-state index in [2.05, 4.69) is 25.4 Å². The molecule has 0 radical (unpaired) electrons. The summed E-state index contributed by atoms with van der Waals surface area (Å²) in [5.41, 5.74) is 0.881. The van der Waals surface area contributed by atoms with Crippen molar-refractivity contribution in [3.8, 4) is 0 Å². The summed E-state index contributed by atoms with van der Waals surface area (Å²) in [6, 6.07) is 6.57. The highest BCUT2D eigenvalue weighted by Crippen LogP contribution is 2.15. The molecular weight excluding hydrogens is 279 g/mol. The Morgan fingerprint density at radius 3 is 2.41 bits per heavy atom. The summed E-state index contributed by atoms with van der Waals surface area (Å²) < 4.78 is 12.9. The van der Waals surface area contributed by atoms with Crippen LogP contribution in [0.25, 0.3) is 0 Å². The molecule has 1 aromatic rings. The van der Waals surface area contributed by atoms with Crippen molar-refractivity contribution in [1.82, 2.24) is 10.2 Å². The lowest BCUT2D eigenvalue weighted by Crippen LogP contribution is -2.47. The lowest BCUT2D eigenvalue weighted by Gasteiger charge is -2.34. The van der Waals surface area contributed by atoms with Gasteiger partial charge in [-0.2, -0.15) is 0 Å². The van der Waals surface area contributed by atoms with E-state index in [0.717, 1.165) is 44.5 Å². The molecule has 3 nitrogen and oxygen atoms in total. The van der Waals surface area contributed by atoms with Crippen LogP contribution < -0.4 is 5.32 Å². The minimum Gasteiger partial charge on any atom is -0.339 e.